The Morgan fingerprint density at radius 3 is 2.88 bits per heavy atom. The summed E-state index contributed by atoms with van der Waals surface area (Å²) >= 11 is 5.54. The van der Waals surface area contributed by atoms with Gasteiger partial charge in [-0.3, -0.25) is 0 Å². The van der Waals surface area contributed by atoms with Gasteiger partial charge in [0.05, 0.1) is 5.02 Å². The summed E-state index contributed by atoms with van der Waals surface area (Å²) in [6.45, 7) is 0. The van der Waals surface area contributed by atoms with Crippen molar-refractivity contribution in [2.45, 2.75) is 0 Å². The Bertz CT molecular complexity index is 569. The fourth-order valence-electron chi connectivity index (χ4n) is 1.04. The normalized spacial score (nSPS) is 10.2. The summed E-state index contributed by atoms with van der Waals surface area (Å²) in [5.74, 6) is -1.63. The molecule has 7 heteroatoms. The van der Waals surface area contributed by atoms with E-state index in [0.29, 0.717) is 0 Å². The van der Waals surface area contributed by atoms with Crippen LogP contribution in [0.3, 0.4) is 0 Å². The number of halogens is 2. The second-order valence-corrected chi connectivity index (χ2v) is 3.39. The SMILES string of the molecule is O=C(O)c1coc(Oc2ccc(F)c(Cl)c2)n1. The molecule has 17 heavy (non-hydrogen) atoms. The standard InChI is InChI=1S/C10H5ClFNO4/c11-6-3-5(1-2-7(6)12)17-10-13-8(4-16-10)9(14)15/h1-4H,(H,14,15). The minimum absolute atomic E-state index is 0.118. The molecule has 1 heterocycles. The molecule has 0 unspecified atom stereocenters. The number of carbonyl (C=O) groups is 1. The number of rotatable bonds is 3. The Morgan fingerprint density at radius 2 is 2.29 bits per heavy atom. The number of hydrogen-bond acceptors (Lipinski definition) is 4. The van der Waals surface area contributed by atoms with E-state index >= 15 is 0 Å². The topological polar surface area (TPSA) is 72.6 Å². The van der Waals surface area contributed by atoms with Gasteiger partial charge in [-0.1, -0.05) is 11.6 Å². The summed E-state index contributed by atoms with van der Waals surface area (Å²) in [6.07, 6.45) is 0.674. The highest BCUT2D eigenvalue weighted by atomic mass is 35.5. The molecular formula is C10H5ClFNO4. The molecule has 0 atom stereocenters. The van der Waals surface area contributed by atoms with Gasteiger partial charge in [-0.2, -0.15) is 4.98 Å². The van der Waals surface area contributed by atoms with Crippen LogP contribution in [-0.2, 0) is 0 Å². The van der Waals surface area contributed by atoms with Crippen LogP contribution in [-0.4, -0.2) is 16.1 Å². The average Bonchev–Trinajstić information content (AvgIpc) is 2.72. The Morgan fingerprint density at radius 1 is 1.53 bits per heavy atom. The predicted molar refractivity (Wildman–Crippen MR) is 54.9 cm³/mol. The van der Waals surface area contributed by atoms with Gasteiger partial charge < -0.3 is 14.3 Å². The second-order valence-electron chi connectivity index (χ2n) is 2.98. The number of benzene rings is 1. The Hall–Kier alpha value is -2.08. The summed E-state index contributed by atoms with van der Waals surface area (Å²) in [6, 6.07) is 3.64. The molecule has 5 nitrogen and oxygen atoms in total. The second kappa shape index (κ2) is 4.42. The number of carboxylic acid groups (broad SMARTS) is 1. The maximum atomic E-state index is 12.8. The lowest BCUT2D eigenvalue weighted by atomic mass is 10.3. The molecule has 2 rings (SSSR count). The number of aromatic nitrogens is 1. The lowest BCUT2D eigenvalue weighted by Crippen LogP contribution is -1.95. The van der Waals surface area contributed by atoms with E-state index in [-0.39, 0.29) is 22.5 Å². The monoisotopic (exact) mass is 257 g/mol. The first-order valence-corrected chi connectivity index (χ1v) is 4.76. The smallest absolute Gasteiger partial charge is 0.399 e. The highest BCUT2D eigenvalue weighted by molar-refractivity contribution is 6.30. The van der Waals surface area contributed by atoms with Crippen molar-refractivity contribution in [3.63, 3.8) is 0 Å². The van der Waals surface area contributed by atoms with E-state index in [1.807, 2.05) is 0 Å². The number of aromatic carboxylic acids is 1. The van der Waals surface area contributed by atoms with E-state index in [0.717, 1.165) is 12.3 Å². The summed E-state index contributed by atoms with van der Waals surface area (Å²) in [5.41, 5.74) is -0.284. The van der Waals surface area contributed by atoms with Crippen LogP contribution in [0.5, 0.6) is 11.8 Å². The fourth-order valence-corrected chi connectivity index (χ4v) is 1.21. The minimum atomic E-state index is -1.24. The van der Waals surface area contributed by atoms with Crippen LogP contribution < -0.4 is 4.74 Å². The quantitative estimate of drug-likeness (QED) is 0.915. The molecule has 0 aliphatic rings. The maximum absolute atomic E-state index is 12.8. The molecule has 0 saturated heterocycles. The van der Waals surface area contributed by atoms with E-state index in [9.17, 15) is 9.18 Å². The van der Waals surface area contributed by atoms with Crippen molar-refractivity contribution in [1.82, 2.24) is 4.98 Å². The van der Waals surface area contributed by atoms with Crippen molar-refractivity contribution >= 4 is 17.6 Å². The van der Waals surface area contributed by atoms with Crippen LogP contribution in [0.15, 0.2) is 28.9 Å². The first-order valence-electron chi connectivity index (χ1n) is 4.38. The predicted octanol–water partition coefficient (Wildman–Crippen LogP) is 2.96. The number of oxazole rings is 1. The van der Waals surface area contributed by atoms with Crippen LogP contribution in [0.2, 0.25) is 5.02 Å². The van der Waals surface area contributed by atoms with Crippen molar-refractivity contribution in [1.29, 1.82) is 0 Å². The third-order valence-corrected chi connectivity index (χ3v) is 2.09. The van der Waals surface area contributed by atoms with E-state index in [2.05, 4.69) is 4.98 Å². The zero-order valence-electron chi connectivity index (χ0n) is 8.18. The molecule has 1 aromatic carbocycles. The molecule has 1 aromatic heterocycles. The zero-order valence-corrected chi connectivity index (χ0v) is 8.94. The van der Waals surface area contributed by atoms with Gasteiger partial charge in [0, 0.05) is 6.07 Å². The molecule has 0 fully saturated rings. The largest absolute Gasteiger partial charge is 0.476 e. The van der Waals surface area contributed by atoms with Gasteiger partial charge in [-0.25, -0.2) is 9.18 Å². The van der Waals surface area contributed by atoms with Gasteiger partial charge in [-0.05, 0) is 12.1 Å². The lowest BCUT2D eigenvalue weighted by Gasteiger charge is -2.00. The van der Waals surface area contributed by atoms with Gasteiger partial charge in [0.2, 0.25) is 0 Å². The first kappa shape index (κ1) is 11.4. The Balaban J connectivity index is 2.19. The van der Waals surface area contributed by atoms with Crippen molar-refractivity contribution in [3.8, 4) is 11.8 Å². The van der Waals surface area contributed by atoms with Crippen molar-refractivity contribution in [2.75, 3.05) is 0 Å². The molecule has 0 aliphatic carbocycles. The number of hydrogen-bond donors (Lipinski definition) is 1. The number of ether oxygens (including phenoxy) is 1. The van der Waals surface area contributed by atoms with Crippen molar-refractivity contribution < 1.29 is 23.4 Å². The van der Waals surface area contributed by atoms with Crippen LogP contribution in [0, 0.1) is 5.82 Å². The molecule has 0 amide bonds. The van der Waals surface area contributed by atoms with Crippen LogP contribution >= 0.6 is 11.6 Å². The van der Waals surface area contributed by atoms with Crippen LogP contribution in [0.4, 0.5) is 4.39 Å². The molecule has 0 radical (unpaired) electrons. The average molecular weight is 258 g/mol. The Kier molecular flexibility index (Phi) is 2.97. The molecular weight excluding hydrogens is 253 g/mol. The summed E-state index contributed by atoms with van der Waals surface area (Å²) in [7, 11) is 0. The summed E-state index contributed by atoms with van der Waals surface area (Å²) in [5, 5.41) is 8.48. The van der Waals surface area contributed by atoms with E-state index in [4.69, 9.17) is 25.9 Å². The van der Waals surface area contributed by atoms with E-state index in [1.54, 1.807) is 0 Å². The van der Waals surface area contributed by atoms with Crippen LogP contribution in [0.1, 0.15) is 10.5 Å². The molecule has 2 aromatic rings. The van der Waals surface area contributed by atoms with Crippen LogP contribution in [0.25, 0.3) is 0 Å². The van der Waals surface area contributed by atoms with Gasteiger partial charge >= 0.3 is 12.0 Å². The summed E-state index contributed by atoms with van der Waals surface area (Å²) in [4.78, 5) is 14.0. The van der Waals surface area contributed by atoms with Crippen molar-refractivity contribution in [2.24, 2.45) is 0 Å². The highest BCUT2D eigenvalue weighted by Gasteiger charge is 2.12. The van der Waals surface area contributed by atoms with Gasteiger partial charge in [0.15, 0.2) is 5.69 Å². The number of carboxylic acids is 1. The molecule has 0 saturated carbocycles. The molecule has 0 bridgehead atoms. The molecule has 88 valence electrons. The molecule has 0 spiro atoms. The van der Waals surface area contributed by atoms with Crippen molar-refractivity contribution in [3.05, 3.63) is 41.0 Å². The third kappa shape index (κ3) is 2.54. The van der Waals surface area contributed by atoms with Gasteiger partial charge in [-0.15, -0.1) is 0 Å². The molecule has 0 aliphatic heterocycles. The Labute approximate surface area is 99.4 Å². The zero-order chi connectivity index (χ0) is 12.4. The minimum Gasteiger partial charge on any atom is -0.476 e. The van der Waals surface area contributed by atoms with Gasteiger partial charge in [0.25, 0.3) is 0 Å². The third-order valence-electron chi connectivity index (χ3n) is 1.80. The highest BCUT2D eigenvalue weighted by Crippen LogP contribution is 2.25. The van der Waals surface area contributed by atoms with E-state index < -0.39 is 11.8 Å². The fraction of sp³-hybridized carbons (Fsp3) is 0. The van der Waals surface area contributed by atoms with Gasteiger partial charge in [0.1, 0.15) is 17.8 Å². The molecule has 1 N–H and O–H groups in total. The first-order chi connectivity index (χ1) is 8.06. The van der Waals surface area contributed by atoms with E-state index in [1.165, 1.54) is 12.1 Å². The summed E-state index contributed by atoms with van der Waals surface area (Å²) < 4.78 is 22.6. The lowest BCUT2D eigenvalue weighted by molar-refractivity contribution is 0.0690. The number of nitrogens with zero attached hydrogens (tertiary/aromatic N) is 1. The maximum Gasteiger partial charge on any atom is 0.399 e.